The van der Waals surface area contributed by atoms with Gasteiger partial charge in [-0.2, -0.15) is 8.78 Å². The van der Waals surface area contributed by atoms with Crippen LogP contribution in [0, 0.1) is 0 Å². The lowest BCUT2D eigenvalue weighted by Crippen LogP contribution is -2.31. The summed E-state index contributed by atoms with van der Waals surface area (Å²) in [5, 5.41) is 9.87. The second kappa shape index (κ2) is 10.0. The molecule has 5 rings (SSSR count). The highest BCUT2D eigenvalue weighted by Crippen LogP contribution is 2.39. The molecule has 0 unspecified atom stereocenters. The summed E-state index contributed by atoms with van der Waals surface area (Å²) in [5.41, 5.74) is 5.11. The Bertz CT molecular complexity index is 1800. The summed E-state index contributed by atoms with van der Waals surface area (Å²) in [7, 11) is 1.74. The Kier molecular flexibility index (Phi) is 6.86. The van der Waals surface area contributed by atoms with Crippen LogP contribution in [0.2, 0.25) is 0 Å². The molecule has 0 atom stereocenters. The van der Waals surface area contributed by atoms with E-state index in [0.717, 1.165) is 22.3 Å². The van der Waals surface area contributed by atoms with Crippen molar-refractivity contribution in [2.45, 2.75) is 51.9 Å². The lowest BCUT2D eigenvalue weighted by atomic mass is 9.97. The van der Waals surface area contributed by atoms with E-state index in [1.165, 1.54) is 4.40 Å². The van der Waals surface area contributed by atoms with Crippen LogP contribution < -0.4 is 5.56 Å². The Morgan fingerprint density at radius 2 is 1.27 bits per heavy atom. The number of benzene rings is 3. The number of hydrogen-bond acceptors (Lipinski definition) is 2. The molecule has 0 aliphatic heterocycles. The molecular weight excluding hydrogens is 510 g/mol. The Morgan fingerprint density at radius 3 is 1.75 bits per heavy atom. The van der Waals surface area contributed by atoms with Crippen molar-refractivity contribution in [2.75, 3.05) is 0 Å². The maximum Gasteiger partial charge on any atom is 0.374 e. The molecule has 0 saturated heterocycles. The van der Waals surface area contributed by atoms with E-state index in [4.69, 9.17) is 0 Å². The van der Waals surface area contributed by atoms with Crippen molar-refractivity contribution in [1.82, 2.24) is 8.97 Å². The molecule has 206 valence electrons. The Hall–Kier alpha value is -4.26. The molecule has 2 heterocycles. The highest BCUT2D eigenvalue weighted by Gasteiger charge is 2.41. The van der Waals surface area contributed by atoms with Gasteiger partial charge >= 0.3 is 11.9 Å². The van der Waals surface area contributed by atoms with Crippen LogP contribution in [0.15, 0.2) is 77.6 Å². The molecule has 5 nitrogen and oxygen atoms in total. The van der Waals surface area contributed by atoms with Gasteiger partial charge in [-0.1, -0.05) is 94.4 Å². The number of imidazole rings is 1. The van der Waals surface area contributed by atoms with Gasteiger partial charge in [0.2, 0.25) is 0 Å². The van der Waals surface area contributed by atoms with Gasteiger partial charge in [-0.25, -0.2) is 4.79 Å². The first-order valence-corrected chi connectivity index (χ1v) is 13.4. The summed E-state index contributed by atoms with van der Waals surface area (Å²) in [6.07, 6.45) is -1.05. The topological polar surface area (TPSA) is 63.7 Å². The lowest BCUT2D eigenvalue weighted by molar-refractivity contribution is -0.164. The van der Waals surface area contributed by atoms with Crippen LogP contribution in [-0.2, 0) is 18.3 Å². The molecule has 0 saturated carbocycles. The second-order valence-corrected chi connectivity index (χ2v) is 11.0. The molecule has 40 heavy (non-hydrogen) atoms. The van der Waals surface area contributed by atoms with Crippen molar-refractivity contribution in [3.05, 3.63) is 99.8 Å². The van der Waals surface area contributed by atoms with Crippen molar-refractivity contribution < 1.29 is 18.7 Å². The minimum atomic E-state index is -4.02. The van der Waals surface area contributed by atoms with Crippen LogP contribution in [0.5, 0.6) is 0 Å². The first-order valence-electron chi connectivity index (χ1n) is 13.4. The van der Waals surface area contributed by atoms with Gasteiger partial charge in [0.15, 0.2) is 0 Å². The highest BCUT2D eigenvalue weighted by atomic mass is 19.3. The van der Waals surface area contributed by atoms with Gasteiger partial charge in [0, 0.05) is 29.1 Å². The van der Waals surface area contributed by atoms with E-state index < -0.39 is 18.3 Å². The summed E-state index contributed by atoms with van der Waals surface area (Å²) < 4.78 is 32.9. The van der Waals surface area contributed by atoms with E-state index in [1.54, 1.807) is 35.9 Å². The molecule has 7 heteroatoms. The lowest BCUT2D eigenvalue weighted by Gasteiger charge is -2.16. The van der Waals surface area contributed by atoms with Crippen molar-refractivity contribution in [3.8, 4) is 22.5 Å². The molecule has 5 aromatic rings. The van der Waals surface area contributed by atoms with Crippen LogP contribution in [0.3, 0.4) is 0 Å². The van der Waals surface area contributed by atoms with Crippen LogP contribution in [0.25, 0.3) is 38.9 Å². The molecule has 0 bridgehead atoms. The number of carbonyl (C=O) groups is 1. The predicted octanol–water partition coefficient (Wildman–Crippen LogP) is 7.63. The second-order valence-electron chi connectivity index (χ2n) is 11.0. The monoisotopic (exact) mass is 542 g/mol. The molecule has 0 aliphatic rings. The fraction of sp³-hybridized carbons (Fsp3) is 0.273. The maximum atomic E-state index is 14.8. The van der Waals surface area contributed by atoms with E-state index in [-0.39, 0.29) is 22.2 Å². The number of aromatic nitrogens is 2. The fourth-order valence-corrected chi connectivity index (χ4v) is 5.46. The molecule has 0 fully saturated rings. The van der Waals surface area contributed by atoms with E-state index in [1.807, 2.05) is 48.5 Å². The number of carboxylic acids is 1. The third-order valence-electron chi connectivity index (χ3n) is 7.68. The third kappa shape index (κ3) is 4.49. The summed E-state index contributed by atoms with van der Waals surface area (Å²) >= 11 is 0. The van der Waals surface area contributed by atoms with Crippen LogP contribution >= 0.6 is 0 Å². The van der Waals surface area contributed by atoms with Gasteiger partial charge in [0.05, 0.1) is 17.8 Å². The molecule has 0 aliphatic carbocycles. The average Bonchev–Trinajstić information content (AvgIpc) is 3.24. The van der Waals surface area contributed by atoms with Gasteiger partial charge in [-0.3, -0.25) is 9.20 Å². The van der Waals surface area contributed by atoms with Gasteiger partial charge in [-0.15, -0.1) is 0 Å². The zero-order chi connectivity index (χ0) is 28.9. The van der Waals surface area contributed by atoms with Crippen LogP contribution in [0.4, 0.5) is 8.78 Å². The zero-order valence-corrected chi connectivity index (χ0v) is 23.2. The highest BCUT2D eigenvalue weighted by molar-refractivity contribution is 5.94. The smallest absolute Gasteiger partial charge is 0.374 e. The molecule has 3 aromatic carbocycles. The summed E-state index contributed by atoms with van der Waals surface area (Å²) in [5.74, 6) is -5.60. The maximum absolute atomic E-state index is 14.8. The van der Waals surface area contributed by atoms with E-state index in [0.29, 0.717) is 28.6 Å². The number of aryl methyl sites for hydroxylation is 1. The van der Waals surface area contributed by atoms with Crippen molar-refractivity contribution in [3.63, 3.8) is 0 Å². The fourth-order valence-electron chi connectivity index (χ4n) is 5.46. The summed E-state index contributed by atoms with van der Waals surface area (Å²) in [6.45, 7) is 8.40. The van der Waals surface area contributed by atoms with Gasteiger partial charge < -0.3 is 9.67 Å². The largest absolute Gasteiger partial charge is 0.477 e. The molecule has 0 radical (unpaired) electrons. The number of pyridine rings is 1. The van der Waals surface area contributed by atoms with E-state index in [9.17, 15) is 23.5 Å². The van der Waals surface area contributed by atoms with Gasteiger partial charge in [0.25, 0.3) is 5.56 Å². The third-order valence-corrected chi connectivity index (χ3v) is 7.68. The molecule has 1 N–H and O–H groups in total. The van der Waals surface area contributed by atoms with Gasteiger partial charge in [0.1, 0.15) is 5.65 Å². The number of nitrogens with zero attached hydrogens (tertiary/aromatic N) is 2. The van der Waals surface area contributed by atoms with Crippen molar-refractivity contribution in [2.24, 2.45) is 7.05 Å². The normalized spacial score (nSPS) is 12.2. The van der Waals surface area contributed by atoms with Crippen LogP contribution in [-0.4, -0.2) is 26.0 Å². The number of hydrogen-bond donors (Lipinski definition) is 1. The molecule has 0 spiro atoms. The standard InChI is InChI=1S/C33H32F2N2O3/c1-19(2)21-10-14-23(15-11-21)28-29(24-16-12-22(13-17-24)20(3)4)37-30(36(28)5)27(18-33(34,35)32(39)40)25-8-6-7-9-26(25)31(37)38/h6-17,19-20H,18H2,1-5H3,(H,39,40). The number of halogens is 2. The molecule has 2 aromatic heterocycles. The number of aliphatic carboxylic acids is 1. The Morgan fingerprint density at radius 1 is 0.800 bits per heavy atom. The SMILES string of the molecule is CC(C)c1ccc(-c2c(-c3ccc(C(C)C)cc3)n3c(=O)c4ccccc4c(CC(F)(F)C(=O)O)c3n2C)cc1. The van der Waals surface area contributed by atoms with Crippen LogP contribution in [0.1, 0.15) is 56.2 Å². The first kappa shape index (κ1) is 27.3. The average molecular weight is 543 g/mol. The molecular formula is C33H32F2N2O3. The van der Waals surface area contributed by atoms with E-state index >= 15 is 0 Å². The van der Waals surface area contributed by atoms with E-state index in [2.05, 4.69) is 27.7 Å². The minimum Gasteiger partial charge on any atom is -0.477 e. The first-order chi connectivity index (χ1) is 18.9. The molecule has 0 amide bonds. The summed E-state index contributed by atoms with van der Waals surface area (Å²) in [4.78, 5) is 25.6. The van der Waals surface area contributed by atoms with Gasteiger partial charge in [-0.05, 0) is 34.4 Å². The van der Waals surface area contributed by atoms with Crippen molar-refractivity contribution in [1.29, 1.82) is 0 Å². The quantitative estimate of drug-likeness (QED) is 0.230. The number of carboxylic acid groups (broad SMARTS) is 1. The van der Waals surface area contributed by atoms with Crippen molar-refractivity contribution >= 4 is 22.4 Å². The zero-order valence-electron chi connectivity index (χ0n) is 23.2. The minimum absolute atomic E-state index is 0.107. The predicted molar refractivity (Wildman–Crippen MR) is 155 cm³/mol. The Labute approximate surface area is 231 Å². The number of alkyl halides is 2. The number of fused-ring (bicyclic) bond motifs is 2. The number of rotatable bonds is 7. The Balaban J connectivity index is 1.95. The summed E-state index contributed by atoms with van der Waals surface area (Å²) in [6, 6.07) is 22.5.